The van der Waals surface area contributed by atoms with Crippen molar-refractivity contribution in [3.63, 3.8) is 0 Å². The van der Waals surface area contributed by atoms with Crippen molar-refractivity contribution >= 4 is 11.9 Å². The minimum Gasteiger partial charge on any atom is -0.426 e. The second kappa shape index (κ2) is 8.17. The van der Waals surface area contributed by atoms with Crippen LogP contribution in [0.5, 0.6) is 11.5 Å². The maximum Gasteiger partial charge on any atom is 0.308 e. The van der Waals surface area contributed by atoms with Gasteiger partial charge in [0, 0.05) is 19.3 Å². The van der Waals surface area contributed by atoms with E-state index in [0.717, 1.165) is 24.0 Å². The van der Waals surface area contributed by atoms with Crippen molar-refractivity contribution in [1.29, 1.82) is 0 Å². The molecule has 0 heterocycles. The Morgan fingerprint density at radius 2 is 1.18 bits per heavy atom. The van der Waals surface area contributed by atoms with Crippen LogP contribution in [0.2, 0.25) is 0 Å². The first-order valence-corrected chi connectivity index (χ1v) is 9.91. The highest BCUT2D eigenvalue weighted by Crippen LogP contribution is 2.46. The lowest BCUT2D eigenvalue weighted by Gasteiger charge is -2.39. The number of benzene rings is 2. The SMILES string of the molecule is CC(=O)Oc1ccc(C2(c3ccc(OC(C)=O)c(C)c3)CCCCC2)cc1C. The fraction of sp³-hybridized carbons (Fsp3) is 0.417. The molecule has 0 amide bonds. The Balaban J connectivity index is 2.04. The molecule has 1 saturated carbocycles. The van der Waals surface area contributed by atoms with E-state index < -0.39 is 0 Å². The number of carbonyl (C=O) groups excluding carboxylic acids is 2. The maximum atomic E-state index is 11.3. The van der Waals surface area contributed by atoms with Gasteiger partial charge in [0.2, 0.25) is 0 Å². The first kappa shape index (κ1) is 20.1. The number of esters is 2. The average molecular weight is 380 g/mol. The minimum atomic E-state index is -0.306. The van der Waals surface area contributed by atoms with Gasteiger partial charge in [0.1, 0.15) is 11.5 Å². The van der Waals surface area contributed by atoms with Crippen molar-refractivity contribution in [3.8, 4) is 11.5 Å². The van der Waals surface area contributed by atoms with E-state index in [9.17, 15) is 9.59 Å². The molecular weight excluding hydrogens is 352 g/mol. The van der Waals surface area contributed by atoms with Crippen LogP contribution >= 0.6 is 0 Å². The molecule has 4 nitrogen and oxygen atoms in total. The van der Waals surface area contributed by atoms with E-state index in [4.69, 9.17) is 9.47 Å². The largest absolute Gasteiger partial charge is 0.426 e. The molecule has 0 radical (unpaired) electrons. The number of aryl methyl sites for hydroxylation is 2. The molecule has 0 aliphatic heterocycles. The summed E-state index contributed by atoms with van der Waals surface area (Å²) >= 11 is 0. The number of carbonyl (C=O) groups is 2. The van der Waals surface area contributed by atoms with Crippen molar-refractivity contribution in [2.24, 2.45) is 0 Å². The lowest BCUT2D eigenvalue weighted by molar-refractivity contribution is -0.132. The highest BCUT2D eigenvalue weighted by molar-refractivity contribution is 5.70. The summed E-state index contributed by atoms with van der Waals surface area (Å²) in [5.41, 5.74) is 4.36. The lowest BCUT2D eigenvalue weighted by atomic mass is 9.65. The van der Waals surface area contributed by atoms with Crippen LogP contribution in [0.25, 0.3) is 0 Å². The zero-order chi connectivity index (χ0) is 20.3. The molecule has 0 saturated heterocycles. The third-order valence-corrected chi connectivity index (χ3v) is 5.67. The van der Waals surface area contributed by atoms with Gasteiger partial charge < -0.3 is 9.47 Å². The third kappa shape index (κ3) is 4.11. The van der Waals surface area contributed by atoms with Gasteiger partial charge in [-0.1, -0.05) is 43.5 Å². The summed E-state index contributed by atoms with van der Waals surface area (Å²) in [6.45, 7) is 6.80. The van der Waals surface area contributed by atoms with Crippen LogP contribution in [-0.2, 0) is 15.0 Å². The smallest absolute Gasteiger partial charge is 0.308 e. The summed E-state index contributed by atoms with van der Waals surface area (Å²) in [6.07, 6.45) is 5.75. The van der Waals surface area contributed by atoms with E-state index in [-0.39, 0.29) is 17.4 Å². The van der Waals surface area contributed by atoms with Crippen LogP contribution in [0.15, 0.2) is 36.4 Å². The first-order chi connectivity index (χ1) is 13.3. The van der Waals surface area contributed by atoms with E-state index in [2.05, 4.69) is 24.3 Å². The third-order valence-electron chi connectivity index (χ3n) is 5.67. The lowest BCUT2D eigenvalue weighted by Crippen LogP contribution is -2.30. The van der Waals surface area contributed by atoms with Crippen molar-refractivity contribution in [3.05, 3.63) is 58.7 Å². The van der Waals surface area contributed by atoms with Crippen molar-refractivity contribution in [1.82, 2.24) is 0 Å². The molecular formula is C24H28O4. The molecule has 1 fully saturated rings. The Labute approximate surface area is 166 Å². The molecule has 28 heavy (non-hydrogen) atoms. The van der Waals surface area contributed by atoms with Gasteiger partial charge in [-0.05, 0) is 61.1 Å². The topological polar surface area (TPSA) is 52.6 Å². The molecule has 1 aliphatic carbocycles. The van der Waals surface area contributed by atoms with Crippen LogP contribution in [0.3, 0.4) is 0 Å². The number of hydrogen-bond donors (Lipinski definition) is 0. The molecule has 0 bridgehead atoms. The highest BCUT2D eigenvalue weighted by atomic mass is 16.5. The summed E-state index contributed by atoms with van der Waals surface area (Å²) in [5, 5.41) is 0. The fourth-order valence-corrected chi connectivity index (χ4v) is 4.33. The van der Waals surface area contributed by atoms with E-state index in [0.29, 0.717) is 11.5 Å². The average Bonchev–Trinajstić information content (AvgIpc) is 2.65. The first-order valence-electron chi connectivity index (χ1n) is 9.91. The molecule has 2 aromatic carbocycles. The summed E-state index contributed by atoms with van der Waals surface area (Å²) in [4.78, 5) is 22.6. The Kier molecular flexibility index (Phi) is 5.87. The fourth-order valence-electron chi connectivity index (χ4n) is 4.33. The summed E-state index contributed by atoms with van der Waals surface area (Å²) in [6, 6.07) is 12.3. The van der Waals surface area contributed by atoms with Crippen LogP contribution in [0.1, 0.15) is 68.2 Å². The summed E-state index contributed by atoms with van der Waals surface area (Å²) in [5.74, 6) is 0.618. The van der Waals surface area contributed by atoms with E-state index >= 15 is 0 Å². The predicted molar refractivity (Wildman–Crippen MR) is 109 cm³/mol. The zero-order valence-electron chi connectivity index (χ0n) is 17.1. The van der Waals surface area contributed by atoms with Gasteiger partial charge in [0.25, 0.3) is 0 Å². The molecule has 0 unspecified atom stereocenters. The molecule has 0 atom stereocenters. The maximum absolute atomic E-state index is 11.3. The molecule has 0 N–H and O–H groups in total. The van der Waals surface area contributed by atoms with Crippen molar-refractivity contribution in [2.45, 2.75) is 65.2 Å². The monoisotopic (exact) mass is 380 g/mol. The van der Waals surface area contributed by atoms with Crippen LogP contribution in [0, 0.1) is 13.8 Å². The second-order valence-electron chi connectivity index (χ2n) is 7.79. The Hall–Kier alpha value is -2.62. The molecule has 3 rings (SSSR count). The molecule has 0 aromatic heterocycles. The molecule has 4 heteroatoms. The molecule has 2 aromatic rings. The minimum absolute atomic E-state index is 0.0721. The van der Waals surface area contributed by atoms with E-state index in [1.54, 1.807) is 0 Å². The van der Waals surface area contributed by atoms with Gasteiger partial charge >= 0.3 is 11.9 Å². The standard InChI is InChI=1S/C24H28O4/c1-16-14-20(8-10-22(16)27-18(3)25)24(12-6-5-7-13-24)21-9-11-23(17(2)15-21)28-19(4)26/h8-11,14-15H,5-7,12-13H2,1-4H3. The Morgan fingerprint density at radius 3 is 1.54 bits per heavy atom. The van der Waals surface area contributed by atoms with Crippen molar-refractivity contribution in [2.75, 3.05) is 0 Å². The Bertz CT molecular complexity index is 824. The van der Waals surface area contributed by atoms with Gasteiger partial charge in [-0.2, -0.15) is 0 Å². The number of ether oxygens (including phenoxy) is 2. The second-order valence-corrected chi connectivity index (χ2v) is 7.79. The van der Waals surface area contributed by atoms with Gasteiger partial charge in [-0.15, -0.1) is 0 Å². The van der Waals surface area contributed by atoms with E-state index in [1.807, 2.05) is 26.0 Å². The van der Waals surface area contributed by atoms with Crippen LogP contribution in [0.4, 0.5) is 0 Å². The molecule has 148 valence electrons. The quantitative estimate of drug-likeness (QED) is 0.526. The summed E-state index contributed by atoms with van der Waals surface area (Å²) < 4.78 is 10.6. The zero-order valence-corrected chi connectivity index (χ0v) is 17.1. The van der Waals surface area contributed by atoms with Gasteiger partial charge in [0.05, 0.1) is 0 Å². The Morgan fingerprint density at radius 1 is 0.750 bits per heavy atom. The number of hydrogen-bond acceptors (Lipinski definition) is 4. The highest BCUT2D eigenvalue weighted by Gasteiger charge is 2.36. The van der Waals surface area contributed by atoms with Gasteiger partial charge in [-0.3, -0.25) is 9.59 Å². The van der Waals surface area contributed by atoms with Crippen LogP contribution < -0.4 is 9.47 Å². The van der Waals surface area contributed by atoms with Crippen molar-refractivity contribution < 1.29 is 19.1 Å². The summed E-state index contributed by atoms with van der Waals surface area (Å²) in [7, 11) is 0. The predicted octanol–water partition coefficient (Wildman–Crippen LogP) is 5.40. The molecule has 0 spiro atoms. The number of rotatable bonds is 4. The van der Waals surface area contributed by atoms with Gasteiger partial charge in [0.15, 0.2) is 0 Å². The molecule has 1 aliphatic rings. The normalized spacial score (nSPS) is 15.7. The van der Waals surface area contributed by atoms with Crippen LogP contribution in [-0.4, -0.2) is 11.9 Å². The van der Waals surface area contributed by atoms with E-state index in [1.165, 1.54) is 44.2 Å². The van der Waals surface area contributed by atoms with Gasteiger partial charge in [-0.25, -0.2) is 0 Å².